The summed E-state index contributed by atoms with van der Waals surface area (Å²) in [6.45, 7) is 3.45. The smallest absolute Gasteiger partial charge is 0.172 e. The summed E-state index contributed by atoms with van der Waals surface area (Å²) < 4.78 is 5.55. The number of ketones is 1. The number of para-hydroxylation sites is 1. The predicted octanol–water partition coefficient (Wildman–Crippen LogP) is 3.87. The second kappa shape index (κ2) is 6.00. The van der Waals surface area contributed by atoms with Crippen molar-refractivity contribution in [3.8, 4) is 5.75 Å². The lowest BCUT2D eigenvalue weighted by Gasteiger charge is -2.10. The van der Waals surface area contributed by atoms with Gasteiger partial charge in [0.15, 0.2) is 5.78 Å². The van der Waals surface area contributed by atoms with Gasteiger partial charge in [0.25, 0.3) is 0 Å². The van der Waals surface area contributed by atoms with E-state index in [2.05, 4.69) is 12.2 Å². The average Bonchev–Trinajstić information content (AvgIpc) is 2.97. The maximum atomic E-state index is 12.7. The number of rotatable bonds is 5. The number of carbonyl (C=O) groups excluding carboxylic acids is 1. The van der Waals surface area contributed by atoms with Crippen LogP contribution in [0.25, 0.3) is 0 Å². The Kier molecular flexibility index (Phi) is 3.91. The number of ether oxygens (including phenoxy) is 1. The lowest BCUT2D eigenvalue weighted by atomic mass is 9.92. The van der Waals surface area contributed by atoms with Gasteiger partial charge in [-0.05, 0) is 42.3 Å². The Morgan fingerprint density at radius 1 is 1.19 bits per heavy atom. The fourth-order valence-electron chi connectivity index (χ4n) is 2.65. The van der Waals surface area contributed by atoms with Crippen molar-refractivity contribution in [2.45, 2.75) is 19.3 Å². The van der Waals surface area contributed by atoms with E-state index in [1.165, 1.54) is 0 Å². The van der Waals surface area contributed by atoms with Crippen LogP contribution in [0.1, 0.15) is 35.2 Å². The monoisotopic (exact) mass is 281 g/mol. The third-order valence-corrected chi connectivity index (χ3v) is 3.76. The first kappa shape index (κ1) is 13.7. The summed E-state index contributed by atoms with van der Waals surface area (Å²) in [4.78, 5) is 12.7. The molecular formula is C18H19NO2. The highest BCUT2D eigenvalue weighted by Gasteiger charge is 2.28. The van der Waals surface area contributed by atoms with Crippen LogP contribution in [0, 0.1) is 0 Å². The van der Waals surface area contributed by atoms with E-state index < -0.39 is 0 Å². The van der Waals surface area contributed by atoms with E-state index in [1.807, 2.05) is 48.5 Å². The first-order valence-corrected chi connectivity index (χ1v) is 7.39. The minimum atomic E-state index is -0.0939. The summed E-state index contributed by atoms with van der Waals surface area (Å²) in [5.74, 6) is 0.886. The standard InChI is InChI=1S/C18H19NO2/c1-2-11-21-14-9-7-13(8-10-14)18(20)16-12-19-17-6-4-3-5-15(16)17/h3-10,16,19H,2,11-12H2,1H3. The zero-order chi connectivity index (χ0) is 14.7. The number of fused-ring (bicyclic) bond motifs is 1. The molecule has 0 saturated carbocycles. The summed E-state index contributed by atoms with van der Waals surface area (Å²) in [6, 6.07) is 15.5. The molecule has 0 saturated heterocycles. The fourth-order valence-corrected chi connectivity index (χ4v) is 2.65. The summed E-state index contributed by atoms with van der Waals surface area (Å²) in [5, 5.41) is 3.29. The Balaban J connectivity index is 1.77. The first-order valence-electron chi connectivity index (χ1n) is 7.39. The molecule has 1 heterocycles. The molecule has 1 atom stereocenters. The Morgan fingerprint density at radius 3 is 2.71 bits per heavy atom. The summed E-state index contributed by atoms with van der Waals surface area (Å²) in [6.07, 6.45) is 0.977. The summed E-state index contributed by atoms with van der Waals surface area (Å²) in [7, 11) is 0. The maximum absolute atomic E-state index is 12.7. The number of nitrogens with one attached hydrogen (secondary N) is 1. The molecule has 108 valence electrons. The molecule has 1 aliphatic rings. The van der Waals surface area contributed by atoms with E-state index in [1.54, 1.807) is 0 Å². The SMILES string of the molecule is CCCOc1ccc(C(=O)C2CNc3ccccc32)cc1. The van der Waals surface area contributed by atoms with Gasteiger partial charge in [0.05, 0.1) is 12.5 Å². The van der Waals surface area contributed by atoms with Gasteiger partial charge in [-0.2, -0.15) is 0 Å². The highest BCUT2D eigenvalue weighted by Crippen LogP contribution is 2.33. The van der Waals surface area contributed by atoms with E-state index in [4.69, 9.17) is 4.74 Å². The quantitative estimate of drug-likeness (QED) is 0.846. The minimum absolute atomic E-state index is 0.0939. The minimum Gasteiger partial charge on any atom is -0.494 e. The molecule has 1 N–H and O–H groups in total. The second-order valence-electron chi connectivity index (χ2n) is 5.26. The molecule has 2 aromatic carbocycles. The summed E-state index contributed by atoms with van der Waals surface area (Å²) in [5.41, 5.74) is 2.90. The topological polar surface area (TPSA) is 38.3 Å². The number of hydrogen-bond acceptors (Lipinski definition) is 3. The molecule has 0 bridgehead atoms. The number of benzene rings is 2. The van der Waals surface area contributed by atoms with Crippen LogP contribution in [0.4, 0.5) is 5.69 Å². The van der Waals surface area contributed by atoms with Gasteiger partial charge >= 0.3 is 0 Å². The van der Waals surface area contributed by atoms with Gasteiger partial charge in [-0.3, -0.25) is 4.79 Å². The second-order valence-corrected chi connectivity index (χ2v) is 5.26. The van der Waals surface area contributed by atoms with Crippen molar-refractivity contribution in [2.75, 3.05) is 18.5 Å². The molecule has 3 heteroatoms. The number of Topliss-reactive ketones (excluding diaryl/α,β-unsaturated/α-hetero) is 1. The Labute approximate surface area is 124 Å². The van der Waals surface area contributed by atoms with Crippen LogP contribution < -0.4 is 10.1 Å². The van der Waals surface area contributed by atoms with Crippen molar-refractivity contribution in [2.24, 2.45) is 0 Å². The van der Waals surface area contributed by atoms with Crippen LogP contribution in [0.3, 0.4) is 0 Å². The average molecular weight is 281 g/mol. The molecule has 0 radical (unpaired) electrons. The molecule has 2 aromatic rings. The molecular weight excluding hydrogens is 262 g/mol. The van der Waals surface area contributed by atoms with Crippen LogP contribution in [-0.4, -0.2) is 18.9 Å². The molecule has 0 aromatic heterocycles. The van der Waals surface area contributed by atoms with Gasteiger partial charge in [0, 0.05) is 17.8 Å². The highest BCUT2D eigenvalue weighted by molar-refractivity contribution is 6.03. The lowest BCUT2D eigenvalue weighted by Crippen LogP contribution is -2.14. The van der Waals surface area contributed by atoms with Crippen LogP contribution in [0.5, 0.6) is 5.75 Å². The third-order valence-electron chi connectivity index (χ3n) is 3.76. The lowest BCUT2D eigenvalue weighted by molar-refractivity contribution is 0.0966. The van der Waals surface area contributed by atoms with Crippen LogP contribution >= 0.6 is 0 Å². The van der Waals surface area contributed by atoms with Crippen LogP contribution in [-0.2, 0) is 0 Å². The van der Waals surface area contributed by atoms with Crippen molar-refractivity contribution in [3.05, 3.63) is 59.7 Å². The van der Waals surface area contributed by atoms with Crippen molar-refractivity contribution in [3.63, 3.8) is 0 Å². The predicted molar refractivity (Wildman–Crippen MR) is 84.2 cm³/mol. The van der Waals surface area contributed by atoms with Gasteiger partial charge < -0.3 is 10.1 Å². The van der Waals surface area contributed by atoms with Gasteiger partial charge in [-0.25, -0.2) is 0 Å². The van der Waals surface area contributed by atoms with E-state index in [-0.39, 0.29) is 11.7 Å². The van der Waals surface area contributed by atoms with Crippen molar-refractivity contribution in [1.82, 2.24) is 0 Å². The highest BCUT2D eigenvalue weighted by atomic mass is 16.5. The summed E-state index contributed by atoms with van der Waals surface area (Å²) >= 11 is 0. The van der Waals surface area contributed by atoms with Crippen LogP contribution in [0.15, 0.2) is 48.5 Å². The van der Waals surface area contributed by atoms with Gasteiger partial charge in [0.1, 0.15) is 5.75 Å². The molecule has 1 unspecified atom stereocenters. The Hall–Kier alpha value is -2.29. The van der Waals surface area contributed by atoms with Gasteiger partial charge in [0.2, 0.25) is 0 Å². The van der Waals surface area contributed by atoms with Gasteiger partial charge in [-0.1, -0.05) is 25.1 Å². The van der Waals surface area contributed by atoms with Crippen LogP contribution in [0.2, 0.25) is 0 Å². The number of carbonyl (C=O) groups is 1. The van der Waals surface area contributed by atoms with E-state index in [0.29, 0.717) is 13.2 Å². The normalized spacial score (nSPS) is 16.1. The molecule has 0 aliphatic carbocycles. The zero-order valence-electron chi connectivity index (χ0n) is 12.1. The number of anilines is 1. The largest absolute Gasteiger partial charge is 0.494 e. The van der Waals surface area contributed by atoms with Gasteiger partial charge in [-0.15, -0.1) is 0 Å². The third kappa shape index (κ3) is 2.77. The van der Waals surface area contributed by atoms with Crippen molar-refractivity contribution in [1.29, 1.82) is 0 Å². The van der Waals surface area contributed by atoms with E-state index in [0.717, 1.165) is 29.0 Å². The molecule has 1 aliphatic heterocycles. The van der Waals surface area contributed by atoms with E-state index >= 15 is 0 Å². The Bertz CT molecular complexity index is 634. The molecule has 0 spiro atoms. The molecule has 0 amide bonds. The fraction of sp³-hybridized carbons (Fsp3) is 0.278. The molecule has 0 fully saturated rings. The van der Waals surface area contributed by atoms with Crippen molar-refractivity contribution >= 4 is 11.5 Å². The Morgan fingerprint density at radius 2 is 1.95 bits per heavy atom. The van der Waals surface area contributed by atoms with E-state index in [9.17, 15) is 4.79 Å². The molecule has 3 rings (SSSR count). The zero-order valence-corrected chi connectivity index (χ0v) is 12.1. The maximum Gasteiger partial charge on any atom is 0.172 e. The molecule has 21 heavy (non-hydrogen) atoms. The first-order chi connectivity index (χ1) is 10.3. The number of hydrogen-bond donors (Lipinski definition) is 1. The molecule has 3 nitrogen and oxygen atoms in total. The van der Waals surface area contributed by atoms with Crippen molar-refractivity contribution < 1.29 is 9.53 Å².